The lowest BCUT2D eigenvalue weighted by Crippen LogP contribution is -2.18. The average molecular weight is 252 g/mol. The largest absolute Gasteiger partial charge is 0.573 e. The number of carbonyl (C=O) groups is 1. The molecule has 0 unspecified atom stereocenters. The third-order valence-electron chi connectivity index (χ3n) is 1.54. The van der Waals surface area contributed by atoms with Crippen molar-refractivity contribution in [1.82, 2.24) is 4.98 Å². The summed E-state index contributed by atoms with van der Waals surface area (Å²) in [4.78, 5) is 22.5. The number of aromatic nitrogens is 1. The first-order valence-corrected chi connectivity index (χ1v) is 3.83. The fourth-order valence-electron chi connectivity index (χ4n) is 0.951. The zero-order valence-corrected chi connectivity index (χ0v) is 7.76. The van der Waals surface area contributed by atoms with Crippen LogP contribution in [0, 0.1) is 10.1 Å². The lowest BCUT2D eigenvalue weighted by molar-refractivity contribution is -0.389. The summed E-state index contributed by atoms with van der Waals surface area (Å²) >= 11 is 0. The van der Waals surface area contributed by atoms with E-state index in [1.54, 1.807) is 0 Å². The predicted molar refractivity (Wildman–Crippen MR) is 44.6 cm³/mol. The molecule has 0 atom stereocenters. The van der Waals surface area contributed by atoms with Crippen molar-refractivity contribution in [2.45, 2.75) is 6.36 Å². The summed E-state index contributed by atoms with van der Waals surface area (Å²) in [5.41, 5.74) is -2.13. The average Bonchev–Trinajstić information content (AvgIpc) is 2.14. The van der Waals surface area contributed by atoms with Gasteiger partial charge in [-0.1, -0.05) is 0 Å². The molecule has 10 heteroatoms. The molecule has 1 aromatic rings. The van der Waals surface area contributed by atoms with Crippen LogP contribution in [-0.2, 0) is 0 Å². The summed E-state index contributed by atoms with van der Waals surface area (Å²) < 4.78 is 38.9. The number of hydrogen-bond acceptors (Lipinski definition) is 6. The molecule has 7 nitrogen and oxygen atoms in total. The smallest absolute Gasteiger partial charge is 0.500 e. The Morgan fingerprint density at radius 3 is 2.53 bits per heavy atom. The molecule has 1 aromatic heterocycles. The van der Waals surface area contributed by atoms with Crippen molar-refractivity contribution in [2.75, 3.05) is 0 Å². The number of nitro groups is 1. The number of aldehydes is 1. The quantitative estimate of drug-likeness (QED) is 0.495. The first-order valence-electron chi connectivity index (χ1n) is 3.83. The van der Waals surface area contributed by atoms with E-state index in [1.165, 1.54) is 0 Å². The normalized spacial score (nSPS) is 11.0. The molecule has 0 radical (unpaired) electrons. The Labute approximate surface area is 90.6 Å². The summed E-state index contributed by atoms with van der Waals surface area (Å²) in [6, 6.07) is 0. The van der Waals surface area contributed by atoms with Gasteiger partial charge < -0.3 is 9.84 Å². The molecule has 0 fully saturated rings. The van der Waals surface area contributed by atoms with E-state index >= 15 is 0 Å². The predicted octanol–water partition coefficient (Wildman–Crippen LogP) is 1.41. The van der Waals surface area contributed by atoms with Crippen molar-refractivity contribution < 1.29 is 32.7 Å². The molecule has 0 saturated carbocycles. The Kier molecular flexibility index (Phi) is 3.16. The van der Waals surface area contributed by atoms with Crippen LogP contribution in [0.25, 0.3) is 0 Å². The molecular formula is C7H3F3N2O5. The Morgan fingerprint density at radius 2 is 2.12 bits per heavy atom. The zero-order valence-electron chi connectivity index (χ0n) is 7.76. The van der Waals surface area contributed by atoms with Crippen molar-refractivity contribution in [3.63, 3.8) is 0 Å². The van der Waals surface area contributed by atoms with Crippen molar-refractivity contribution in [3.05, 3.63) is 22.0 Å². The number of halogens is 3. The number of nitrogens with zero attached hydrogens (tertiary/aromatic N) is 2. The van der Waals surface area contributed by atoms with Gasteiger partial charge in [-0.05, 0) is 0 Å². The Balaban J connectivity index is 3.36. The van der Waals surface area contributed by atoms with Gasteiger partial charge in [0.2, 0.25) is 11.5 Å². The van der Waals surface area contributed by atoms with Crippen LogP contribution in [0.5, 0.6) is 11.5 Å². The van der Waals surface area contributed by atoms with Gasteiger partial charge in [0.05, 0.1) is 11.1 Å². The van der Waals surface area contributed by atoms with E-state index in [9.17, 15) is 28.1 Å². The number of ether oxygens (including phenoxy) is 1. The standard InChI is InChI=1S/C7H3F3N2O5/c8-7(9,10)17-4-1-11-3(2-13)6(14)5(4)12(15)16/h1-2,14H. The monoisotopic (exact) mass is 252 g/mol. The second-order valence-electron chi connectivity index (χ2n) is 2.63. The van der Waals surface area contributed by atoms with Crippen LogP contribution in [0.2, 0.25) is 0 Å². The van der Waals surface area contributed by atoms with E-state index in [4.69, 9.17) is 5.11 Å². The molecule has 0 amide bonds. The van der Waals surface area contributed by atoms with Crippen LogP contribution in [0.15, 0.2) is 6.20 Å². The molecule has 0 aliphatic rings. The number of carbonyl (C=O) groups excluding carboxylic acids is 1. The first-order chi connectivity index (χ1) is 7.76. The number of rotatable bonds is 3. The van der Waals surface area contributed by atoms with Crippen LogP contribution >= 0.6 is 0 Å². The number of alkyl halides is 3. The highest BCUT2D eigenvalue weighted by molar-refractivity contribution is 5.80. The molecule has 1 heterocycles. The van der Waals surface area contributed by atoms with Gasteiger partial charge >= 0.3 is 12.0 Å². The summed E-state index contributed by atoms with van der Waals surface area (Å²) in [6.45, 7) is 0. The fraction of sp³-hybridized carbons (Fsp3) is 0.143. The molecule has 0 aliphatic heterocycles. The second kappa shape index (κ2) is 4.23. The van der Waals surface area contributed by atoms with Gasteiger partial charge in [-0.3, -0.25) is 14.9 Å². The zero-order chi connectivity index (χ0) is 13.2. The Bertz CT molecular complexity index is 473. The molecule has 92 valence electrons. The molecule has 1 rings (SSSR count). The van der Waals surface area contributed by atoms with Crippen LogP contribution in [-0.4, -0.2) is 27.7 Å². The maximum Gasteiger partial charge on any atom is 0.573 e. The fourth-order valence-corrected chi connectivity index (χ4v) is 0.951. The molecule has 0 spiro atoms. The molecule has 0 saturated heterocycles. The van der Waals surface area contributed by atoms with Crippen LogP contribution in [0.3, 0.4) is 0 Å². The molecule has 0 bridgehead atoms. The van der Waals surface area contributed by atoms with Crippen molar-refractivity contribution in [3.8, 4) is 11.5 Å². The molecule has 1 N–H and O–H groups in total. The minimum Gasteiger partial charge on any atom is -0.500 e. The van der Waals surface area contributed by atoms with Crippen LogP contribution in [0.1, 0.15) is 10.5 Å². The number of aromatic hydroxyl groups is 1. The van der Waals surface area contributed by atoms with Gasteiger partial charge in [-0.25, -0.2) is 4.98 Å². The van der Waals surface area contributed by atoms with Gasteiger partial charge in [0.25, 0.3) is 0 Å². The summed E-state index contributed by atoms with van der Waals surface area (Å²) in [7, 11) is 0. The maximum absolute atomic E-state index is 11.9. The summed E-state index contributed by atoms with van der Waals surface area (Å²) in [5.74, 6) is -2.59. The van der Waals surface area contributed by atoms with Gasteiger partial charge in [-0.15, -0.1) is 13.2 Å². The molecule has 0 aromatic carbocycles. The van der Waals surface area contributed by atoms with Crippen molar-refractivity contribution >= 4 is 12.0 Å². The highest BCUT2D eigenvalue weighted by atomic mass is 19.4. The first kappa shape index (κ1) is 12.7. The van der Waals surface area contributed by atoms with Gasteiger partial charge in [0.1, 0.15) is 0 Å². The van der Waals surface area contributed by atoms with Gasteiger partial charge in [0, 0.05) is 0 Å². The Hall–Kier alpha value is -2.39. The minimum absolute atomic E-state index is 0.0420. The van der Waals surface area contributed by atoms with Crippen molar-refractivity contribution in [2.24, 2.45) is 0 Å². The van der Waals surface area contributed by atoms with E-state index in [-0.39, 0.29) is 6.29 Å². The third kappa shape index (κ3) is 2.80. The molecule has 17 heavy (non-hydrogen) atoms. The van der Waals surface area contributed by atoms with E-state index in [1.807, 2.05) is 0 Å². The minimum atomic E-state index is -5.18. The maximum atomic E-state index is 11.9. The van der Waals surface area contributed by atoms with E-state index in [2.05, 4.69) is 9.72 Å². The van der Waals surface area contributed by atoms with Gasteiger partial charge in [-0.2, -0.15) is 0 Å². The highest BCUT2D eigenvalue weighted by Gasteiger charge is 2.36. The van der Waals surface area contributed by atoms with Crippen molar-refractivity contribution in [1.29, 1.82) is 0 Å². The topological polar surface area (TPSA) is 103 Å². The number of pyridine rings is 1. The second-order valence-corrected chi connectivity index (χ2v) is 2.63. The SMILES string of the molecule is O=Cc1ncc(OC(F)(F)F)c([N+](=O)[O-])c1O. The highest BCUT2D eigenvalue weighted by Crippen LogP contribution is 2.39. The lowest BCUT2D eigenvalue weighted by atomic mass is 10.3. The van der Waals surface area contributed by atoms with Crippen LogP contribution < -0.4 is 4.74 Å². The number of hydrogen-bond donors (Lipinski definition) is 1. The Morgan fingerprint density at radius 1 is 1.53 bits per heavy atom. The lowest BCUT2D eigenvalue weighted by Gasteiger charge is -2.09. The van der Waals surface area contributed by atoms with Crippen LogP contribution in [0.4, 0.5) is 18.9 Å². The van der Waals surface area contributed by atoms with E-state index in [0.717, 1.165) is 0 Å². The van der Waals surface area contributed by atoms with Gasteiger partial charge in [0.15, 0.2) is 12.0 Å². The van der Waals surface area contributed by atoms with E-state index < -0.39 is 34.2 Å². The summed E-state index contributed by atoms with van der Waals surface area (Å²) in [6.07, 6.45) is -4.89. The van der Waals surface area contributed by atoms with E-state index in [0.29, 0.717) is 6.20 Å². The third-order valence-corrected chi connectivity index (χ3v) is 1.54. The molecular weight excluding hydrogens is 249 g/mol. The summed E-state index contributed by atoms with van der Waals surface area (Å²) in [5, 5.41) is 19.6. The molecule has 0 aliphatic carbocycles.